The van der Waals surface area contributed by atoms with E-state index in [4.69, 9.17) is 10.3 Å². The molecule has 22 heavy (non-hydrogen) atoms. The van der Waals surface area contributed by atoms with Crippen LogP contribution in [0.4, 0.5) is 5.69 Å². The number of nitrogens with two attached hydrogens (primary N) is 1. The molecule has 110 valence electrons. The second-order valence-corrected chi connectivity index (χ2v) is 6.06. The summed E-state index contributed by atoms with van der Waals surface area (Å²) in [7, 11) is 0.312. The average Bonchev–Trinajstić information content (AvgIpc) is 2.58. The minimum absolute atomic E-state index is 0.210. The first-order chi connectivity index (χ1) is 10.8. The van der Waals surface area contributed by atoms with E-state index < -0.39 is 0 Å². The Balaban J connectivity index is 1.85. The standard InChI is InChI=1S/C19H18NOP/c20-17-13-11-16(12-14-17)19(15-7-3-1-4-8-15)22-21-18-9-5-2-6-10-18/h1-14,19,22H,20H2. The average molecular weight is 307 g/mol. The first-order valence-corrected chi connectivity index (χ1v) is 8.19. The van der Waals surface area contributed by atoms with Gasteiger partial charge < -0.3 is 10.3 Å². The Morgan fingerprint density at radius 1 is 0.682 bits per heavy atom. The van der Waals surface area contributed by atoms with E-state index in [-0.39, 0.29) is 5.66 Å². The molecule has 0 saturated carbocycles. The third kappa shape index (κ3) is 3.66. The Labute approximate surface area is 132 Å². The van der Waals surface area contributed by atoms with Crippen LogP contribution in [0.1, 0.15) is 16.8 Å². The number of benzene rings is 3. The van der Waals surface area contributed by atoms with Crippen LogP contribution >= 0.6 is 8.81 Å². The highest BCUT2D eigenvalue weighted by molar-refractivity contribution is 7.33. The lowest BCUT2D eigenvalue weighted by molar-refractivity contribution is 0.624. The summed E-state index contributed by atoms with van der Waals surface area (Å²) in [6.45, 7) is 0. The van der Waals surface area contributed by atoms with E-state index in [0.717, 1.165) is 11.4 Å². The summed E-state index contributed by atoms with van der Waals surface area (Å²) in [6.07, 6.45) is 0. The topological polar surface area (TPSA) is 35.2 Å². The van der Waals surface area contributed by atoms with E-state index in [1.165, 1.54) is 11.1 Å². The molecule has 3 aromatic rings. The van der Waals surface area contributed by atoms with Crippen LogP contribution in [-0.4, -0.2) is 0 Å². The van der Waals surface area contributed by atoms with Crippen molar-refractivity contribution in [1.29, 1.82) is 0 Å². The Hall–Kier alpha value is -2.31. The summed E-state index contributed by atoms with van der Waals surface area (Å²) in [5.41, 5.74) is 9.26. The second-order valence-electron chi connectivity index (χ2n) is 5.04. The first-order valence-electron chi connectivity index (χ1n) is 7.21. The van der Waals surface area contributed by atoms with Crippen LogP contribution in [0.15, 0.2) is 84.9 Å². The molecule has 0 amide bonds. The summed E-state index contributed by atoms with van der Waals surface area (Å²) >= 11 is 0. The molecule has 2 N–H and O–H groups in total. The monoisotopic (exact) mass is 307 g/mol. The molecule has 0 aliphatic rings. The van der Waals surface area contributed by atoms with Crippen LogP contribution in [0.3, 0.4) is 0 Å². The maximum absolute atomic E-state index is 6.00. The van der Waals surface area contributed by atoms with Crippen molar-refractivity contribution >= 4 is 14.5 Å². The van der Waals surface area contributed by atoms with Gasteiger partial charge in [-0.05, 0) is 35.4 Å². The first kappa shape index (κ1) is 14.6. The zero-order chi connectivity index (χ0) is 15.2. The molecule has 0 radical (unpaired) electrons. The number of anilines is 1. The van der Waals surface area contributed by atoms with E-state index in [1.54, 1.807) is 0 Å². The van der Waals surface area contributed by atoms with Crippen molar-refractivity contribution in [3.05, 3.63) is 96.1 Å². The van der Waals surface area contributed by atoms with E-state index in [9.17, 15) is 0 Å². The summed E-state index contributed by atoms with van der Waals surface area (Å²) < 4.78 is 6.00. The minimum Gasteiger partial charge on any atom is -0.476 e. The van der Waals surface area contributed by atoms with Crippen molar-refractivity contribution in [2.45, 2.75) is 5.66 Å². The molecule has 2 atom stereocenters. The smallest absolute Gasteiger partial charge is 0.122 e. The van der Waals surface area contributed by atoms with Gasteiger partial charge in [-0.1, -0.05) is 60.7 Å². The highest BCUT2D eigenvalue weighted by Gasteiger charge is 2.15. The molecule has 0 heterocycles. The molecule has 0 fully saturated rings. The molecule has 0 aliphatic heterocycles. The number of hydrogen-bond donors (Lipinski definition) is 1. The highest BCUT2D eigenvalue weighted by atomic mass is 31.1. The van der Waals surface area contributed by atoms with Gasteiger partial charge in [0.15, 0.2) is 0 Å². The summed E-state index contributed by atoms with van der Waals surface area (Å²) in [5.74, 6) is 0.900. The van der Waals surface area contributed by atoms with Crippen molar-refractivity contribution in [3.8, 4) is 5.75 Å². The van der Waals surface area contributed by atoms with Gasteiger partial charge in [0.05, 0.1) is 14.5 Å². The molecule has 3 aromatic carbocycles. The van der Waals surface area contributed by atoms with Crippen LogP contribution in [0.2, 0.25) is 0 Å². The SMILES string of the molecule is Nc1ccc(C(POc2ccccc2)c2ccccc2)cc1. The number of hydrogen-bond acceptors (Lipinski definition) is 2. The van der Waals surface area contributed by atoms with E-state index >= 15 is 0 Å². The molecule has 0 aliphatic carbocycles. The van der Waals surface area contributed by atoms with Crippen LogP contribution in [0.25, 0.3) is 0 Å². The fraction of sp³-hybridized carbons (Fsp3) is 0.0526. The minimum atomic E-state index is 0.210. The summed E-state index contributed by atoms with van der Waals surface area (Å²) in [5, 5.41) is 0. The highest BCUT2D eigenvalue weighted by Crippen LogP contribution is 2.41. The maximum Gasteiger partial charge on any atom is 0.122 e. The number of para-hydroxylation sites is 1. The summed E-state index contributed by atoms with van der Waals surface area (Å²) in [6, 6.07) is 28.4. The fourth-order valence-electron chi connectivity index (χ4n) is 2.28. The van der Waals surface area contributed by atoms with Crippen molar-refractivity contribution < 1.29 is 4.52 Å². The van der Waals surface area contributed by atoms with Crippen LogP contribution in [0.5, 0.6) is 5.75 Å². The quantitative estimate of drug-likeness (QED) is 0.530. The predicted octanol–water partition coefficient (Wildman–Crippen LogP) is 5.03. The Bertz CT molecular complexity index is 699. The molecular weight excluding hydrogens is 289 g/mol. The number of nitrogen functional groups attached to an aromatic ring is 1. The summed E-state index contributed by atoms with van der Waals surface area (Å²) in [4.78, 5) is 0. The van der Waals surface area contributed by atoms with Gasteiger partial charge in [-0.15, -0.1) is 0 Å². The predicted molar refractivity (Wildman–Crippen MR) is 94.5 cm³/mol. The normalized spacial score (nSPS) is 12.4. The van der Waals surface area contributed by atoms with Crippen LogP contribution in [-0.2, 0) is 0 Å². The van der Waals surface area contributed by atoms with Crippen molar-refractivity contribution in [1.82, 2.24) is 0 Å². The van der Waals surface area contributed by atoms with Gasteiger partial charge in [-0.2, -0.15) is 0 Å². The van der Waals surface area contributed by atoms with Gasteiger partial charge in [-0.25, -0.2) is 0 Å². The lowest BCUT2D eigenvalue weighted by Gasteiger charge is -2.18. The lowest BCUT2D eigenvalue weighted by Crippen LogP contribution is -1.98. The Kier molecular flexibility index (Phi) is 4.72. The van der Waals surface area contributed by atoms with Gasteiger partial charge in [0.25, 0.3) is 0 Å². The molecular formula is C19H18NOP. The van der Waals surface area contributed by atoms with Crippen molar-refractivity contribution in [2.24, 2.45) is 0 Å². The van der Waals surface area contributed by atoms with E-state index in [0.29, 0.717) is 8.81 Å². The molecule has 2 unspecified atom stereocenters. The van der Waals surface area contributed by atoms with Gasteiger partial charge >= 0.3 is 0 Å². The zero-order valence-corrected chi connectivity index (χ0v) is 13.1. The molecule has 0 saturated heterocycles. The molecule has 3 heteroatoms. The van der Waals surface area contributed by atoms with E-state index in [2.05, 4.69) is 36.4 Å². The van der Waals surface area contributed by atoms with Crippen molar-refractivity contribution in [3.63, 3.8) is 0 Å². The zero-order valence-electron chi connectivity index (χ0n) is 12.1. The molecule has 3 rings (SSSR count). The molecule has 0 aromatic heterocycles. The Morgan fingerprint density at radius 2 is 1.23 bits per heavy atom. The van der Waals surface area contributed by atoms with Crippen LogP contribution in [0, 0.1) is 0 Å². The molecule has 0 spiro atoms. The largest absolute Gasteiger partial charge is 0.476 e. The third-order valence-electron chi connectivity index (χ3n) is 3.44. The van der Waals surface area contributed by atoms with Gasteiger partial charge in [0.1, 0.15) is 5.75 Å². The van der Waals surface area contributed by atoms with Gasteiger partial charge in [-0.3, -0.25) is 0 Å². The lowest BCUT2D eigenvalue weighted by atomic mass is 10.0. The Morgan fingerprint density at radius 3 is 1.86 bits per heavy atom. The van der Waals surface area contributed by atoms with Crippen molar-refractivity contribution in [2.75, 3.05) is 5.73 Å². The molecule has 0 bridgehead atoms. The van der Waals surface area contributed by atoms with E-state index in [1.807, 2.05) is 48.5 Å². The maximum atomic E-state index is 6.00. The van der Waals surface area contributed by atoms with Crippen LogP contribution < -0.4 is 10.3 Å². The third-order valence-corrected chi connectivity index (χ3v) is 4.70. The second kappa shape index (κ2) is 7.11. The van der Waals surface area contributed by atoms with Gasteiger partial charge in [0, 0.05) is 5.69 Å². The fourth-order valence-corrected chi connectivity index (χ4v) is 3.33. The van der Waals surface area contributed by atoms with Gasteiger partial charge in [0.2, 0.25) is 0 Å². The molecule has 2 nitrogen and oxygen atoms in total. The number of rotatable bonds is 5.